The van der Waals surface area contributed by atoms with Crippen LogP contribution < -0.4 is 0 Å². The first-order chi connectivity index (χ1) is 6.93. The van der Waals surface area contributed by atoms with E-state index in [0.717, 1.165) is 24.7 Å². The Balaban J connectivity index is 2.44. The summed E-state index contributed by atoms with van der Waals surface area (Å²) in [7, 11) is 0. The van der Waals surface area contributed by atoms with E-state index in [-0.39, 0.29) is 0 Å². The zero-order valence-corrected chi connectivity index (χ0v) is 8.87. The molecule has 78 valence electrons. The first-order valence-electron chi connectivity index (χ1n) is 5.74. The Morgan fingerprint density at radius 1 is 1.00 bits per heavy atom. The van der Waals surface area contributed by atoms with Crippen LogP contribution in [0.15, 0.2) is 23.8 Å². The Labute approximate surface area is 86.9 Å². The van der Waals surface area contributed by atoms with Gasteiger partial charge in [-0.1, -0.05) is 43.9 Å². The van der Waals surface area contributed by atoms with Crippen LogP contribution in [0.4, 0.5) is 0 Å². The van der Waals surface area contributed by atoms with Crippen molar-refractivity contribution < 1.29 is 4.79 Å². The second-order valence-electron chi connectivity index (χ2n) is 3.95. The fourth-order valence-electron chi connectivity index (χ4n) is 1.77. The van der Waals surface area contributed by atoms with E-state index in [2.05, 4.69) is 6.08 Å². The molecule has 1 aliphatic carbocycles. The van der Waals surface area contributed by atoms with Crippen molar-refractivity contribution >= 4 is 6.29 Å². The van der Waals surface area contributed by atoms with Crippen LogP contribution in [0, 0.1) is 0 Å². The molecule has 1 heteroatoms. The van der Waals surface area contributed by atoms with Crippen molar-refractivity contribution in [2.24, 2.45) is 0 Å². The molecule has 1 nitrogen and oxygen atoms in total. The van der Waals surface area contributed by atoms with E-state index in [1.165, 1.54) is 38.5 Å². The van der Waals surface area contributed by atoms with Crippen LogP contribution in [0.3, 0.4) is 0 Å². The molecule has 0 aromatic heterocycles. The molecule has 0 radical (unpaired) electrons. The number of aldehydes is 1. The van der Waals surface area contributed by atoms with Crippen molar-refractivity contribution in [1.29, 1.82) is 0 Å². The molecule has 0 heterocycles. The quantitative estimate of drug-likeness (QED) is 0.577. The van der Waals surface area contributed by atoms with Gasteiger partial charge in [-0.25, -0.2) is 0 Å². The van der Waals surface area contributed by atoms with Gasteiger partial charge < -0.3 is 0 Å². The highest BCUT2D eigenvalue weighted by Gasteiger charge is 1.96. The van der Waals surface area contributed by atoms with Gasteiger partial charge in [0.15, 0.2) is 0 Å². The Morgan fingerprint density at radius 2 is 1.71 bits per heavy atom. The monoisotopic (exact) mass is 192 g/mol. The molecule has 0 spiro atoms. The fourth-order valence-corrected chi connectivity index (χ4v) is 1.77. The summed E-state index contributed by atoms with van der Waals surface area (Å²) < 4.78 is 0. The van der Waals surface area contributed by atoms with E-state index in [0.29, 0.717) is 0 Å². The minimum absolute atomic E-state index is 0.946. The van der Waals surface area contributed by atoms with E-state index in [1.54, 1.807) is 0 Å². The molecule has 0 saturated carbocycles. The highest BCUT2D eigenvalue weighted by atomic mass is 16.1. The zero-order chi connectivity index (χ0) is 10.1. The van der Waals surface area contributed by atoms with E-state index < -0.39 is 0 Å². The Bertz CT molecular complexity index is 213. The standard InChI is InChI=1S/C13H20O/c14-12-13-10-8-6-4-2-1-3-5-7-9-11-13/h6,8,10,12H,1-5,7,9,11H2/b8-6+,13-10+. The van der Waals surface area contributed by atoms with Crippen molar-refractivity contribution in [2.75, 3.05) is 0 Å². The van der Waals surface area contributed by atoms with Gasteiger partial charge in [-0.05, 0) is 31.3 Å². The molecule has 0 fully saturated rings. The molecule has 0 aromatic rings. The number of rotatable bonds is 1. The molecule has 0 N–H and O–H groups in total. The molecule has 0 saturated heterocycles. The summed E-state index contributed by atoms with van der Waals surface area (Å²) in [6.07, 6.45) is 17.0. The van der Waals surface area contributed by atoms with Gasteiger partial charge in [0.2, 0.25) is 0 Å². The third kappa shape index (κ3) is 5.00. The lowest BCUT2D eigenvalue weighted by atomic mass is 10.0. The van der Waals surface area contributed by atoms with Gasteiger partial charge in [0.25, 0.3) is 0 Å². The second-order valence-corrected chi connectivity index (χ2v) is 3.95. The van der Waals surface area contributed by atoms with Crippen LogP contribution >= 0.6 is 0 Å². The summed E-state index contributed by atoms with van der Waals surface area (Å²) in [6.45, 7) is 0. The summed E-state index contributed by atoms with van der Waals surface area (Å²) >= 11 is 0. The van der Waals surface area contributed by atoms with E-state index in [9.17, 15) is 4.79 Å². The lowest BCUT2D eigenvalue weighted by Crippen LogP contribution is -1.87. The van der Waals surface area contributed by atoms with Crippen LogP contribution in [-0.4, -0.2) is 6.29 Å². The Morgan fingerprint density at radius 3 is 2.50 bits per heavy atom. The molecule has 0 atom stereocenters. The van der Waals surface area contributed by atoms with Crippen molar-refractivity contribution in [1.82, 2.24) is 0 Å². The normalized spacial score (nSPS) is 26.4. The topological polar surface area (TPSA) is 17.1 Å². The molecule has 0 aliphatic heterocycles. The number of hydrogen-bond donors (Lipinski definition) is 0. The van der Waals surface area contributed by atoms with Gasteiger partial charge in [0.05, 0.1) is 0 Å². The zero-order valence-electron chi connectivity index (χ0n) is 8.87. The summed E-state index contributed by atoms with van der Waals surface area (Å²) in [6, 6.07) is 0. The van der Waals surface area contributed by atoms with Gasteiger partial charge in [0, 0.05) is 0 Å². The predicted molar refractivity (Wildman–Crippen MR) is 60.2 cm³/mol. The summed E-state index contributed by atoms with van der Waals surface area (Å²) in [4.78, 5) is 10.7. The minimum atomic E-state index is 0.946. The third-order valence-electron chi connectivity index (χ3n) is 2.68. The van der Waals surface area contributed by atoms with Gasteiger partial charge >= 0.3 is 0 Å². The minimum Gasteiger partial charge on any atom is -0.298 e. The Kier molecular flexibility index (Phi) is 6.05. The molecule has 14 heavy (non-hydrogen) atoms. The van der Waals surface area contributed by atoms with Crippen LogP contribution in [0.1, 0.15) is 51.4 Å². The van der Waals surface area contributed by atoms with E-state index in [4.69, 9.17) is 0 Å². The van der Waals surface area contributed by atoms with Crippen molar-refractivity contribution in [3.05, 3.63) is 23.8 Å². The molecule has 1 aliphatic rings. The first-order valence-corrected chi connectivity index (χ1v) is 5.74. The maximum Gasteiger partial charge on any atom is 0.146 e. The molecule has 0 unspecified atom stereocenters. The Hall–Kier alpha value is -0.850. The molecule has 0 amide bonds. The third-order valence-corrected chi connectivity index (χ3v) is 2.68. The van der Waals surface area contributed by atoms with E-state index in [1.807, 2.05) is 12.2 Å². The number of carbonyl (C=O) groups is 1. The van der Waals surface area contributed by atoms with Gasteiger partial charge in [0.1, 0.15) is 6.29 Å². The lowest BCUT2D eigenvalue weighted by Gasteiger charge is -2.02. The van der Waals surface area contributed by atoms with Crippen LogP contribution in [0.2, 0.25) is 0 Å². The first kappa shape index (κ1) is 11.2. The smallest absolute Gasteiger partial charge is 0.146 e. The molecular formula is C13H20O. The number of allylic oxidation sites excluding steroid dienone is 4. The SMILES string of the molecule is O=C/C1=C/C=C/CCCCCCCC1. The molecular weight excluding hydrogens is 172 g/mol. The average Bonchev–Trinajstić information content (AvgIpc) is 2.19. The number of carbonyl (C=O) groups excluding carboxylic acids is 1. The van der Waals surface area contributed by atoms with Crippen molar-refractivity contribution in [3.63, 3.8) is 0 Å². The molecule has 0 aromatic carbocycles. The predicted octanol–water partition coefficient (Wildman–Crippen LogP) is 3.80. The summed E-state index contributed by atoms with van der Waals surface area (Å²) in [5, 5.41) is 0. The van der Waals surface area contributed by atoms with Gasteiger partial charge in [-0.3, -0.25) is 4.79 Å². The second kappa shape index (κ2) is 7.54. The molecule has 0 bridgehead atoms. The highest BCUT2D eigenvalue weighted by Crippen LogP contribution is 2.13. The summed E-state index contributed by atoms with van der Waals surface area (Å²) in [5.74, 6) is 0. The van der Waals surface area contributed by atoms with Gasteiger partial charge in [-0.15, -0.1) is 0 Å². The highest BCUT2D eigenvalue weighted by molar-refractivity contribution is 5.73. The molecule has 1 rings (SSSR count). The van der Waals surface area contributed by atoms with E-state index >= 15 is 0 Å². The van der Waals surface area contributed by atoms with Crippen LogP contribution in [0.25, 0.3) is 0 Å². The lowest BCUT2D eigenvalue weighted by molar-refractivity contribution is -0.105. The average molecular weight is 192 g/mol. The number of hydrogen-bond acceptors (Lipinski definition) is 1. The summed E-state index contributed by atoms with van der Waals surface area (Å²) in [5.41, 5.74) is 0.946. The van der Waals surface area contributed by atoms with Crippen LogP contribution in [-0.2, 0) is 4.79 Å². The fraction of sp³-hybridized carbons (Fsp3) is 0.615. The van der Waals surface area contributed by atoms with Crippen molar-refractivity contribution in [2.45, 2.75) is 51.4 Å². The maximum atomic E-state index is 10.7. The van der Waals surface area contributed by atoms with Crippen molar-refractivity contribution in [3.8, 4) is 0 Å². The maximum absolute atomic E-state index is 10.7. The van der Waals surface area contributed by atoms with Gasteiger partial charge in [-0.2, -0.15) is 0 Å². The van der Waals surface area contributed by atoms with Crippen LogP contribution in [0.5, 0.6) is 0 Å². The largest absolute Gasteiger partial charge is 0.298 e.